The number of anilines is 1. The van der Waals surface area contributed by atoms with Gasteiger partial charge in [-0.2, -0.15) is 0 Å². The number of nitrogens with two attached hydrogens (primary N) is 1. The minimum absolute atomic E-state index is 0.236. The Kier molecular flexibility index (Phi) is 3.25. The average Bonchev–Trinajstić information content (AvgIpc) is 3.10. The molecule has 16 heavy (non-hydrogen) atoms. The van der Waals surface area contributed by atoms with E-state index in [0.29, 0.717) is 13.1 Å². The van der Waals surface area contributed by atoms with E-state index >= 15 is 0 Å². The Morgan fingerprint density at radius 2 is 2.12 bits per heavy atom. The average molecular weight is 218 g/mol. The van der Waals surface area contributed by atoms with Crippen molar-refractivity contribution in [1.82, 2.24) is 0 Å². The lowest BCUT2D eigenvalue weighted by molar-refractivity contribution is -0.119. The molecule has 1 fully saturated rings. The van der Waals surface area contributed by atoms with Crippen molar-refractivity contribution in [3.8, 4) is 0 Å². The lowest BCUT2D eigenvalue weighted by atomic mass is 10.1. The fourth-order valence-corrected chi connectivity index (χ4v) is 1.90. The molecule has 0 unspecified atom stereocenters. The normalized spacial score (nSPS) is 14.9. The van der Waals surface area contributed by atoms with Crippen LogP contribution in [0.1, 0.15) is 18.4 Å². The standard InChI is InChI=1S/C13H18N2O/c1-10-4-2-3-5-12(10)15(9-8-14)13(16)11-6-7-11/h2-5,11H,6-9,14H2,1H3. The predicted molar refractivity (Wildman–Crippen MR) is 65.3 cm³/mol. The Morgan fingerprint density at radius 1 is 1.44 bits per heavy atom. The van der Waals surface area contributed by atoms with Crippen LogP contribution in [0.2, 0.25) is 0 Å². The zero-order valence-electron chi connectivity index (χ0n) is 9.65. The fourth-order valence-electron chi connectivity index (χ4n) is 1.90. The van der Waals surface area contributed by atoms with Gasteiger partial charge in [0.15, 0.2) is 0 Å². The molecule has 1 saturated carbocycles. The van der Waals surface area contributed by atoms with Gasteiger partial charge in [0, 0.05) is 24.7 Å². The predicted octanol–water partition coefficient (Wildman–Crippen LogP) is 1.70. The number of benzene rings is 1. The third-order valence-corrected chi connectivity index (χ3v) is 2.95. The number of aryl methyl sites for hydroxylation is 1. The first-order valence-corrected chi connectivity index (χ1v) is 5.81. The number of carbonyl (C=O) groups is 1. The third-order valence-electron chi connectivity index (χ3n) is 2.95. The fraction of sp³-hybridized carbons (Fsp3) is 0.462. The first-order chi connectivity index (χ1) is 7.74. The number of hydrogen-bond donors (Lipinski definition) is 1. The van der Waals surface area contributed by atoms with E-state index in [9.17, 15) is 4.79 Å². The summed E-state index contributed by atoms with van der Waals surface area (Å²) in [7, 11) is 0. The SMILES string of the molecule is Cc1ccccc1N(CCN)C(=O)C1CC1. The van der Waals surface area contributed by atoms with Crippen LogP contribution in [0.5, 0.6) is 0 Å². The number of hydrogen-bond acceptors (Lipinski definition) is 2. The molecule has 86 valence electrons. The molecule has 3 nitrogen and oxygen atoms in total. The zero-order chi connectivity index (χ0) is 11.5. The zero-order valence-corrected chi connectivity index (χ0v) is 9.65. The molecule has 2 rings (SSSR count). The Labute approximate surface area is 96.2 Å². The van der Waals surface area contributed by atoms with E-state index in [4.69, 9.17) is 5.73 Å². The highest BCUT2D eigenvalue weighted by atomic mass is 16.2. The molecular formula is C13H18N2O. The molecule has 0 spiro atoms. The number of nitrogens with zero attached hydrogens (tertiary/aromatic N) is 1. The second-order valence-corrected chi connectivity index (χ2v) is 4.34. The number of amides is 1. The van der Waals surface area contributed by atoms with Crippen molar-refractivity contribution < 1.29 is 4.79 Å². The molecule has 0 atom stereocenters. The van der Waals surface area contributed by atoms with Crippen molar-refractivity contribution in [2.24, 2.45) is 11.7 Å². The highest BCUT2D eigenvalue weighted by Gasteiger charge is 2.34. The van der Waals surface area contributed by atoms with E-state index < -0.39 is 0 Å². The van der Waals surface area contributed by atoms with Crippen LogP contribution < -0.4 is 10.6 Å². The minimum atomic E-state index is 0.236. The molecule has 0 bridgehead atoms. The first kappa shape index (κ1) is 11.1. The maximum Gasteiger partial charge on any atom is 0.230 e. The van der Waals surface area contributed by atoms with Gasteiger partial charge in [-0.1, -0.05) is 18.2 Å². The van der Waals surface area contributed by atoms with Gasteiger partial charge < -0.3 is 10.6 Å². The summed E-state index contributed by atoms with van der Waals surface area (Å²) < 4.78 is 0. The largest absolute Gasteiger partial charge is 0.329 e. The van der Waals surface area contributed by atoms with E-state index in [0.717, 1.165) is 24.1 Å². The molecule has 2 N–H and O–H groups in total. The molecule has 0 heterocycles. The molecule has 0 aromatic heterocycles. The van der Waals surface area contributed by atoms with Crippen molar-refractivity contribution in [2.45, 2.75) is 19.8 Å². The molecule has 3 heteroatoms. The maximum absolute atomic E-state index is 12.1. The van der Waals surface area contributed by atoms with Crippen molar-refractivity contribution in [1.29, 1.82) is 0 Å². The highest BCUT2D eigenvalue weighted by Crippen LogP contribution is 2.33. The van der Waals surface area contributed by atoms with E-state index in [1.807, 2.05) is 36.1 Å². The Hall–Kier alpha value is -1.35. The third kappa shape index (κ3) is 2.25. The minimum Gasteiger partial charge on any atom is -0.329 e. The molecule has 1 aliphatic carbocycles. The summed E-state index contributed by atoms with van der Waals surface area (Å²) in [4.78, 5) is 14.0. The first-order valence-electron chi connectivity index (χ1n) is 5.81. The quantitative estimate of drug-likeness (QED) is 0.836. The smallest absolute Gasteiger partial charge is 0.230 e. The van der Waals surface area contributed by atoms with Crippen LogP contribution in [0.15, 0.2) is 24.3 Å². The van der Waals surface area contributed by atoms with Gasteiger partial charge in [0.2, 0.25) is 5.91 Å². The summed E-state index contributed by atoms with van der Waals surface area (Å²) in [5.74, 6) is 0.478. The molecule has 0 radical (unpaired) electrons. The van der Waals surface area contributed by atoms with Gasteiger partial charge in [-0.3, -0.25) is 4.79 Å². The van der Waals surface area contributed by atoms with Crippen LogP contribution in [-0.4, -0.2) is 19.0 Å². The van der Waals surface area contributed by atoms with Crippen LogP contribution in [0, 0.1) is 12.8 Å². The summed E-state index contributed by atoms with van der Waals surface area (Å²) in [6, 6.07) is 7.97. The molecule has 1 aromatic rings. The van der Waals surface area contributed by atoms with E-state index in [-0.39, 0.29) is 11.8 Å². The van der Waals surface area contributed by atoms with E-state index in [1.165, 1.54) is 0 Å². The summed E-state index contributed by atoms with van der Waals surface area (Å²) in [5.41, 5.74) is 7.72. The Balaban J connectivity index is 2.24. The van der Waals surface area contributed by atoms with Crippen LogP contribution in [0.4, 0.5) is 5.69 Å². The van der Waals surface area contributed by atoms with Crippen molar-refractivity contribution in [3.63, 3.8) is 0 Å². The molecule has 1 amide bonds. The second-order valence-electron chi connectivity index (χ2n) is 4.34. The van der Waals surface area contributed by atoms with Gasteiger partial charge in [-0.25, -0.2) is 0 Å². The van der Waals surface area contributed by atoms with Gasteiger partial charge in [-0.05, 0) is 31.4 Å². The summed E-state index contributed by atoms with van der Waals surface area (Å²) in [5, 5.41) is 0. The van der Waals surface area contributed by atoms with E-state index in [1.54, 1.807) is 0 Å². The molecule has 0 aliphatic heterocycles. The number of rotatable bonds is 4. The van der Waals surface area contributed by atoms with Gasteiger partial charge >= 0.3 is 0 Å². The van der Waals surface area contributed by atoms with Crippen molar-refractivity contribution >= 4 is 11.6 Å². The summed E-state index contributed by atoms with van der Waals surface area (Å²) in [6.07, 6.45) is 2.07. The van der Waals surface area contributed by atoms with Crippen LogP contribution in [0.25, 0.3) is 0 Å². The molecule has 1 aromatic carbocycles. The van der Waals surface area contributed by atoms with Crippen LogP contribution in [-0.2, 0) is 4.79 Å². The topological polar surface area (TPSA) is 46.3 Å². The van der Waals surface area contributed by atoms with Crippen molar-refractivity contribution in [3.05, 3.63) is 29.8 Å². The van der Waals surface area contributed by atoms with E-state index in [2.05, 4.69) is 0 Å². The molecular weight excluding hydrogens is 200 g/mol. The second kappa shape index (κ2) is 4.66. The van der Waals surface area contributed by atoms with Gasteiger partial charge in [0.1, 0.15) is 0 Å². The summed E-state index contributed by atoms with van der Waals surface area (Å²) >= 11 is 0. The molecule has 0 saturated heterocycles. The monoisotopic (exact) mass is 218 g/mol. The number of carbonyl (C=O) groups excluding carboxylic acids is 1. The molecule has 1 aliphatic rings. The maximum atomic E-state index is 12.1. The Bertz CT molecular complexity index is 385. The van der Waals surface area contributed by atoms with Crippen molar-refractivity contribution in [2.75, 3.05) is 18.0 Å². The van der Waals surface area contributed by atoms with Gasteiger partial charge in [-0.15, -0.1) is 0 Å². The van der Waals surface area contributed by atoms with Gasteiger partial charge in [0.05, 0.1) is 0 Å². The van der Waals surface area contributed by atoms with Gasteiger partial charge in [0.25, 0.3) is 0 Å². The highest BCUT2D eigenvalue weighted by molar-refractivity contribution is 5.97. The summed E-state index contributed by atoms with van der Waals surface area (Å²) in [6.45, 7) is 3.14. The Morgan fingerprint density at radius 3 is 2.69 bits per heavy atom. The lowest BCUT2D eigenvalue weighted by Gasteiger charge is -2.23. The number of para-hydroxylation sites is 1. The van der Waals surface area contributed by atoms with Crippen LogP contribution >= 0.6 is 0 Å². The lowest BCUT2D eigenvalue weighted by Crippen LogP contribution is -2.36. The van der Waals surface area contributed by atoms with Crippen LogP contribution in [0.3, 0.4) is 0 Å².